The Hall–Kier alpha value is -1.75. The van der Waals surface area contributed by atoms with Gasteiger partial charge in [-0.3, -0.25) is 9.59 Å². The van der Waals surface area contributed by atoms with Crippen molar-refractivity contribution in [1.82, 2.24) is 10.6 Å². The first kappa shape index (κ1) is 18.1. The van der Waals surface area contributed by atoms with Gasteiger partial charge < -0.3 is 10.6 Å². The molecule has 0 aromatic heterocycles. The molecule has 0 bridgehead atoms. The largest absolute Gasteiger partial charge is 0.352 e. The molecule has 1 unspecified atom stereocenters. The lowest BCUT2D eigenvalue weighted by atomic mass is 9.85. The standard InChI is InChI=1S/C20H26N2O2S/c23-19(11-6-15-4-2-1-3-5-15)21-17-9-7-16(8-10-17)20(24)22-18-12-13-25-14-18/h1-6,11,16-18H,7-10,12-14H2,(H,21,23)(H,22,24). The van der Waals surface area contributed by atoms with Crippen molar-refractivity contribution >= 4 is 29.7 Å². The summed E-state index contributed by atoms with van der Waals surface area (Å²) in [6, 6.07) is 10.3. The fraction of sp³-hybridized carbons (Fsp3) is 0.500. The molecule has 0 radical (unpaired) electrons. The summed E-state index contributed by atoms with van der Waals surface area (Å²) in [5, 5.41) is 6.25. The normalized spacial score (nSPS) is 26.5. The van der Waals surface area contributed by atoms with E-state index in [1.165, 1.54) is 0 Å². The van der Waals surface area contributed by atoms with Crippen LogP contribution < -0.4 is 10.6 Å². The van der Waals surface area contributed by atoms with E-state index in [9.17, 15) is 9.59 Å². The van der Waals surface area contributed by atoms with Crippen LogP contribution in [0.3, 0.4) is 0 Å². The molecular weight excluding hydrogens is 332 g/mol. The van der Waals surface area contributed by atoms with E-state index >= 15 is 0 Å². The van der Waals surface area contributed by atoms with Gasteiger partial charge in [0.15, 0.2) is 0 Å². The summed E-state index contributed by atoms with van der Waals surface area (Å²) < 4.78 is 0. The van der Waals surface area contributed by atoms with Gasteiger partial charge in [0.2, 0.25) is 11.8 Å². The first-order chi connectivity index (χ1) is 12.2. The first-order valence-electron chi connectivity index (χ1n) is 9.12. The zero-order valence-electron chi connectivity index (χ0n) is 14.4. The van der Waals surface area contributed by atoms with Crippen LogP contribution >= 0.6 is 11.8 Å². The molecule has 1 aliphatic heterocycles. The molecule has 0 spiro atoms. The Kier molecular flexibility index (Phi) is 6.56. The molecule has 4 nitrogen and oxygen atoms in total. The van der Waals surface area contributed by atoms with Crippen LogP contribution in [0.4, 0.5) is 0 Å². The molecule has 1 aromatic rings. The third-order valence-corrected chi connectivity index (χ3v) is 6.11. The van der Waals surface area contributed by atoms with E-state index in [4.69, 9.17) is 0 Å². The Morgan fingerprint density at radius 3 is 2.40 bits per heavy atom. The molecule has 1 aromatic carbocycles. The molecule has 1 heterocycles. The quantitative estimate of drug-likeness (QED) is 0.796. The molecular formula is C20H26N2O2S. The second-order valence-electron chi connectivity index (χ2n) is 6.87. The number of benzene rings is 1. The third kappa shape index (κ3) is 5.63. The van der Waals surface area contributed by atoms with Crippen LogP contribution in [-0.4, -0.2) is 35.4 Å². The van der Waals surface area contributed by atoms with Gasteiger partial charge in [-0.15, -0.1) is 0 Å². The molecule has 134 valence electrons. The van der Waals surface area contributed by atoms with Crippen molar-refractivity contribution in [1.29, 1.82) is 0 Å². The SMILES string of the molecule is O=C(C=Cc1ccccc1)NC1CCC(C(=O)NC2CCSC2)CC1. The van der Waals surface area contributed by atoms with Gasteiger partial charge in [0, 0.05) is 29.8 Å². The van der Waals surface area contributed by atoms with Crippen molar-refractivity contribution in [2.75, 3.05) is 11.5 Å². The van der Waals surface area contributed by atoms with E-state index in [1.54, 1.807) is 6.08 Å². The molecule has 25 heavy (non-hydrogen) atoms. The number of rotatable bonds is 5. The van der Waals surface area contributed by atoms with Crippen molar-refractivity contribution in [3.8, 4) is 0 Å². The van der Waals surface area contributed by atoms with E-state index in [1.807, 2.05) is 48.2 Å². The van der Waals surface area contributed by atoms with E-state index < -0.39 is 0 Å². The smallest absolute Gasteiger partial charge is 0.244 e. The Balaban J connectivity index is 1.39. The van der Waals surface area contributed by atoms with Gasteiger partial charge in [0.1, 0.15) is 0 Å². The van der Waals surface area contributed by atoms with E-state index in [2.05, 4.69) is 10.6 Å². The summed E-state index contributed by atoms with van der Waals surface area (Å²) in [7, 11) is 0. The lowest BCUT2D eigenvalue weighted by Gasteiger charge is -2.28. The molecule has 1 atom stereocenters. The molecule has 1 saturated heterocycles. The van der Waals surface area contributed by atoms with Crippen LogP contribution in [0.25, 0.3) is 6.08 Å². The number of carbonyl (C=O) groups is 2. The second kappa shape index (κ2) is 9.09. The number of carbonyl (C=O) groups excluding carboxylic acids is 2. The molecule has 2 amide bonds. The minimum Gasteiger partial charge on any atom is -0.352 e. The van der Waals surface area contributed by atoms with Gasteiger partial charge in [-0.2, -0.15) is 11.8 Å². The van der Waals surface area contributed by atoms with Gasteiger partial charge in [-0.1, -0.05) is 30.3 Å². The summed E-state index contributed by atoms with van der Waals surface area (Å²) in [6.07, 6.45) is 7.98. The predicted octanol–water partition coefficient (Wildman–Crippen LogP) is 3.00. The van der Waals surface area contributed by atoms with Crippen molar-refractivity contribution in [3.05, 3.63) is 42.0 Å². The van der Waals surface area contributed by atoms with Gasteiger partial charge in [-0.05, 0) is 49.5 Å². The van der Waals surface area contributed by atoms with Crippen LogP contribution in [0.2, 0.25) is 0 Å². The van der Waals surface area contributed by atoms with Crippen molar-refractivity contribution in [2.45, 2.75) is 44.2 Å². The molecule has 2 aliphatic rings. The van der Waals surface area contributed by atoms with Crippen molar-refractivity contribution in [3.63, 3.8) is 0 Å². The number of amides is 2. The number of hydrogen-bond acceptors (Lipinski definition) is 3. The Bertz CT molecular complexity index is 603. The molecule has 3 rings (SSSR count). The highest BCUT2D eigenvalue weighted by Gasteiger charge is 2.28. The number of hydrogen-bond donors (Lipinski definition) is 2. The average Bonchev–Trinajstić information content (AvgIpc) is 3.14. The van der Waals surface area contributed by atoms with Gasteiger partial charge in [-0.25, -0.2) is 0 Å². The van der Waals surface area contributed by atoms with E-state index in [-0.39, 0.29) is 23.8 Å². The molecule has 1 saturated carbocycles. The summed E-state index contributed by atoms with van der Waals surface area (Å²) in [6.45, 7) is 0. The zero-order chi connectivity index (χ0) is 17.5. The fourth-order valence-corrected chi connectivity index (χ4v) is 4.61. The van der Waals surface area contributed by atoms with Crippen molar-refractivity contribution in [2.24, 2.45) is 5.92 Å². The lowest BCUT2D eigenvalue weighted by molar-refractivity contribution is -0.126. The first-order valence-corrected chi connectivity index (χ1v) is 10.3. The minimum absolute atomic E-state index is 0.0558. The minimum atomic E-state index is -0.0558. The van der Waals surface area contributed by atoms with Crippen LogP contribution in [0.5, 0.6) is 0 Å². The highest BCUT2D eigenvalue weighted by molar-refractivity contribution is 7.99. The van der Waals surface area contributed by atoms with Crippen LogP contribution in [-0.2, 0) is 9.59 Å². The maximum absolute atomic E-state index is 12.3. The predicted molar refractivity (Wildman–Crippen MR) is 103 cm³/mol. The Morgan fingerprint density at radius 1 is 0.960 bits per heavy atom. The van der Waals surface area contributed by atoms with Crippen LogP contribution in [0, 0.1) is 5.92 Å². The van der Waals surface area contributed by atoms with E-state index in [0.717, 1.165) is 49.2 Å². The van der Waals surface area contributed by atoms with E-state index in [0.29, 0.717) is 6.04 Å². The molecule has 5 heteroatoms. The van der Waals surface area contributed by atoms with Crippen LogP contribution in [0.15, 0.2) is 36.4 Å². The zero-order valence-corrected chi connectivity index (χ0v) is 15.3. The highest BCUT2D eigenvalue weighted by Crippen LogP contribution is 2.25. The van der Waals surface area contributed by atoms with Crippen molar-refractivity contribution < 1.29 is 9.59 Å². The van der Waals surface area contributed by atoms with Crippen LogP contribution in [0.1, 0.15) is 37.7 Å². The average molecular weight is 359 g/mol. The van der Waals surface area contributed by atoms with Gasteiger partial charge in [0.25, 0.3) is 0 Å². The summed E-state index contributed by atoms with van der Waals surface area (Å²) >= 11 is 1.91. The molecule has 2 N–H and O–H groups in total. The Labute approximate surface area is 153 Å². The number of thioether (sulfide) groups is 1. The monoisotopic (exact) mass is 358 g/mol. The maximum Gasteiger partial charge on any atom is 0.244 e. The fourth-order valence-electron chi connectivity index (χ4n) is 3.45. The summed E-state index contributed by atoms with van der Waals surface area (Å²) in [4.78, 5) is 24.4. The summed E-state index contributed by atoms with van der Waals surface area (Å²) in [5.74, 6) is 2.46. The molecule has 2 fully saturated rings. The second-order valence-corrected chi connectivity index (χ2v) is 8.02. The maximum atomic E-state index is 12.3. The van der Waals surface area contributed by atoms with Gasteiger partial charge >= 0.3 is 0 Å². The molecule has 1 aliphatic carbocycles. The number of nitrogens with one attached hydrogen (secondary N) is 2. The highest BCUT2D eigenvalue weighted by atomic mass is 32.2. The summed E-state index contributed by atoms with van der Waals surface area (Å²) in [5.41, 5.74) is 1.02. The Morgan fingerprint density at radius 2 is 1.72 bits per heavy atom. The van der Waals surface area contributed by atoms with Gasteiger partial charge in [0.05, 0.1) is 0 Å². The lowest BCUT2D eigenvalue weighted by Crippen LogP contribution is -2.43. The third-order valence-electron chi connectivity index (χ3n) is 4.95. The topological polar surface area (TPSA) is 58.2 Å².